The van der Waals surface area contributed by atoms with Crippen LogP contribution in [-0.2, 0) is 30.5 Å². The number of rotatable bonds is 11. The van der Waals surface area contributed by atoms with E-state index in [1.807, 2.05) is 30.3 Å². The zero-order valence-corrected chi connectivity index (χ0v) is 20.6. The fourth-order valence-electron chi connectivity index (χ4n) is 2.91. The molecule has 3 atom stereocenters. The van der Waals surface area contributed by atoms with Crippen molar-refractivity contribution in [2.24, 2.45) is 5.92 Å². The monoisotopic (exact) mass is 463 g/mol. The van der Waals surface area contributed by atoms with Gasteiger partial charge in [-0.2, -0.15) is 0 Å². The molecule has 1 aromatic carbocycles. The summed E-state index contributed by atoms with van der Waals surface area (Å²) in [4.78, 5) is 50.5. The molecule has 0 spiro atoms. The topological polar surface area (TPSA) is 123 Å². The van der Waals surface area contributed by atoms with Gasteiger partial charge in [0.05, 0.1) is 7.11 Å². The largest absolute Gasteiger partial charge is 0.467 e. The predicted octanol–water partition coefficient (Wildman–Crippen LogP) is 2.68. The number of benzene rings is 1. The van der Waals surface area contributed by atoms with Gasteiger partial charge in [0.15, 0.2) is 0 Å². The van der Waals surface area contributed by atoms with Crippen molar-refractivity contribution < 1.29 is 28.7 Å². The van der Waals surface area contributed by atoms with Crippen molar-refractivity contribution in [3.8, 4) is 0 Å². The Kier molecular flexibility index (Phi) is 10.3. The van der Waals surface area contributed by atoms with E-state index in [1.54, 1.807) is 41.5 Å². The second-order valence-electron chi connectivity index (χ2n) is 8.73. The molecule has 0 heterocycles. The Hall–Kier alpha value is -3.10. The second-order valence-corrected chi connectivity index (χ2v) is 8.73. The normalized spacial score (nSPS) is 15.4. The Morgan fingerprint density at radius 3 is 1.94 bits per heavy atom. The minimum Gasteiger partial charge on any atom is -0.467 e. The highest BCUT2D eigenvalue weighted by molar-refractivity contribution is 5.97. The number of methoxy groups -OCH3 is 1. The highest BCUT2D eigenvalue weighted by atomic mass is 16.5. The number of alkyl carbamates (subject to hydrolysis) is 1. The molecule has 9 nitrogen and oxygen atoms in total. The van der Waals surface area contributed by atoms with Gasteiger partial charge >= 0.3 is 12.1 Å². The molecule has 0 aromatic heterocycles. The van der Waals surface area contributed by atoms with Crippen LogP contribution in [-0.4, -0.2) is 48.1 Å². The lowest BCUT2D eigenvalue weighted by molar-refractivity contribution is -0.147. The van der Waals surface area contributed by atoms with Gasteiger partial charge < -0.3 is 25.4 Å². The number of esters is 1. The van der Waals surface area contributed by atoms with Crippen LogP contribution in [0.2, 0.25) is 0 Å². The molecule has 0 unspecified atom stereocenters. The first-order valence-electron chi connectivity index (χ1n) is 11.1. The summed E-state index contributed by atoms with van der Waals surface area (Å²) in [6.07, 6.45) is -0.224. The Morgan fingerprint density at radius 2 is 1.45 bits per heavy atom. The lowest BCUT2D eigenvalue weighted by Gasteiger charge is -2.35. The molecule has 0 fully saturated rings. The molecule has 3 amide bonds. The fraction of sp³-hybridized carbons (Fsp3) is 0.583. The zero-order valence-electron chi connectivity index (χ0n) is 20.6. The smallest absolute Gasteiger partial charge is 0.408 e. The second kappa shape index (κ2) is 12.2. The Bertz CT molecular complexity index is 829. The van der Waals surface area contributed by atoms with Gasteiger partial charge in [-0.1, -0.05) is 58.0 Å². The number of ether oxygens (including phenoxy) is 2. The Labute approximate surface area is 196 Å². The number of hydrogen-bond acceptors (Lipinski definition) is 6. The van der Waals surface area contributed by atoms with Crippen molar-refractivity contribution in [2.75, 3.05) is 7.11 Å². The van der Waals surface area contributed by atoms with Gasteiger partial charge in [-0.15, -0.1) is 0 Å². The summed E-state index contributed by atoms with van der Waals surface area (Å²) in [5.74, 6) is -1.84. The number of amides is 3. The van der Waals surface area contributed by atoms with E-state index in [-0.39, 0.29) is 25.4 Å². The molecular formula is C24H37N3O6. The summed E-state index contributed by atoms with van der Waals surface area (Å²) in [5.41, 5.74) is -1.81. The summed E-state index contributed by atoms with van der Waals surface area (Å²) in [6, 6.07) is 8.32. The van der Waals surface area contributed by atoms with Gasteiger partial charge in [-0.3, -0.25) is 9.59 Å². The van der Waals surface area contributed by atoms with E-state index >= 15 is 0 Å². The van der Waals surface area contributed by atoms with Crippen LogP contribution in [0.25, 0.3) is 0 Å². The lowest BCUT2D eigenvalue weighted by Crippen LogP contribution is -2.65. The number of hydrogen-bond donors (Lipinski definition) is 3. The molecule has 0 saturated carbocycles. The first-order chi connectivity index (χ1) is 15.4. The third kappa shape index (κ3) is 7.76. The number of carbonyl (C=O) groups is 4. The molecule has 3 N–H and O–H groups in total. The van der Waals surface area contributed by atoms with Crippen molar-refractivity contribution >= 4 is 23.9 Å². The minimum absolute atomic E-state index is 0.0628. The molecule has 0 aliphatic carbocycles. The highest BCUT2D eigenvalue weighted by Gasteiger charge is 2.42. The third-order valence-electron chi connectivity index (χ3n) is 5.81. The van der Waals surface area contributed by atoms with Gasteiger partial charge in [0, 0.05) is 0 Å². The Balaban J connectivity index is 2.88. The van der Waals surface area contributed by atoms with Crippen LogP contribution in [0, 0.1) is 5.92 Å². The van der Waals surface area contributed by atoms with Crippen molar-refractivity contribution in [1.82, 2.24) is 16.0 Å². The van der Waals surface area contributed by atoms with Crippen molar-refractivity contribution in [3.05, 3.63) is 35.9 Å². The highest BCUT2D eigenvalue weighted by Crippen LogP contribution is 2.17. The zero-order chi connectivity index (χ0) is 25.2. The molecule has 0 saturated heterocycles. The average molecular weight is 464 g/mol. The summed E-state index contributed by atoms with van der Waals surface area (Å²) in [7, 11) is 1.25. The quantitative estimate of drug-likeness (QED) is 0.434. The van der Waals surface area contributed by atoms with E-state index in [0.717, 1.165) is 5.56 Å². The van der Waals surface area contributed by atoms with E-state index in [2.05, 4.69) is 16.0 Å². The maximum atomic E-state index is 13.1. The molecule has 0 aliphatic rings. The Morgan fingerprint density at radius 1 is 0.909 bits per heavy atom. The summed E-state index contributed by atoms with van der Waals surface area (Å²) in [5, 5.41) is 8.02. The SMILES string of the molecule is CC[C@@](C)(NC(=O)OCc1ccccc1)C(=O)N[C@](C)(CC)C(=O)N[C@@H](C(=O)OC)C(C)C. The van der Waals surface area contributed by atoms with Gasteiger partial charge in [0.25, 0.3) is 0 Å². The average Bonchev–Trinajstić information content (AvgIpc) is 2.80. The van der Waals surface area contributed by atoms with Crippen LogP contribution in [0.4, 0.5) is 4.79 Å². The van der Waals surface area contributed by atoms with Gasteiger partial charge in [-0.25, -0.2) is 9.59 Å². The van der Waals surface area contributed by atoms with E-state index in [9.17, 15) is 19.2 Å². The van der Waals surface area contributed by atoms with Crippen LogP contribution in [0.5, 0.6) is 0 Å². The van der Waals surface area contributed by atoms with Crippen molar-refractivity contribution in [1.29, 1.82) is 0 Å². The van der Waals surface area contributed by atoms with Crippen LogP contribution >= 0.6 is 0 Å². The maximum Gasteiger partial charge on any atom is 0.408 e. The molecule has 1 aromatic rings. The van der Waals surface area contributed by atoms with Crippen LogP contribution in [0.3, 0.4) is 0 Å². The van der Waals surface area contributed by atoms with Crippen molar-refractivity contribution in [2.45, 2.75) is 78.1 Å². The molecule has 184 valence electrons. The van der Waals surface area contributed by atoms with E-state index in [1.165, 1.54) is 7.11 Å². The maximum absolute atomic E-state index is 13.1. The summed E-state index contributed by atoms with van der Waals surface area (Å²) < 4.78 is 10.0. The minimum atomic E-state index is -1.32. The first kappa shape index (κ1) is 27.9. The lowest BCUT2D eigenvalue weighted by atomic mass is 9.91. The number of carbonyl (C=O) groups excluding carboxylic acids is 4. The number of nitrogens with one attached hydrogen (secondary N) is 3. The first-order valence-corrected chi connectivity index (χ1v) is 11.1. The van der Waals surface area contributed by atoms with Crippen LogP contribution in [0.1, 0.15) is 59.9 Å². The van der Waals surface area contributed by atoms with Crippen LogP contribution < -0.4 is 16.0 Å². The van der Waals surface area contributed by atoms with E-state index in [4.69, 9.17) is 9.47 Å². The molecule has 0 radical (unpaired) electrons. The van der Waals surface area contributed by atoms with Crippen LogP contribution in [0.15, 0.2) is 30.3 Å². The molecule has 9 heteroatoms. The standard InChI is InChI=1S/C24H37N3O6/c1-8-23(5,20(29)25-18(16(3)4)19(28)32-7)26-21(30)24(6,9-2)27-22(31)33-15-17-13-11-10-12-14-17/h10-14,16,18H,8-9,15H2,1-7H3,(H,25,29)(H,26,30)(H,27,31)/t18-,23-,24-/m1/s1. The summed E-state index contributed by atoms with van der Waals surface area (Å²) >= 11 is 0. The summed E-state index contributed by atoms with van der Waals surface area (Å²) in [6.45, 7) is 10.2. The molecule has 0 bridgehead atoms. The fourth-order valence-corrected chi connectivity index (χ4v) is 2.91. The molecule has 1 rings (SSSR count). The van der Waals surface area contributed by atoms with Gasteiger partial charge in [0.1, 0.15) is 23.7 Å². The van der Waals surface area contributed by atoms with E-state index < -0.39 is 41.0 Å². The van der Waals surface area contributed by atoms with Gasteiger partial charge in [0.2, 0.25) is 11.8 Å². The molecule has 33 heavy (non-hydrogen) atoms. The van der Waals surface area contributed by atoms with Gasteiger partial charge in [-0.05, 0) is 38.2 Å². The van der Waals surface area contributed by atoms with Crippen molar-refractivity contribution in [3.63, 3.8) is 0 Å². The molecule has 0 aliphatic heterocycles. The van der Waals surface area contributed by atoms with E-state index in [0.29, 0.717) is 0 Å². The third-order valence-corrected chi connectivity index (χ3v) is 5.81. The molecular weight excluding hydrogens is 426 g/mol. The predicted molar refractivity (Wildman–Crippen MR) is 124 cm³/mol.